The Hall–Kier alpha value is -1.18. The van der Waals surface area contributed by atoms with Gasteiger partial charge < -0.3 is 0 Å². The van der Waals surface area contributed by atoms with E-state index in [-0.39, 0.29) is 5.41 Å². The maximum atomic E-state index is 4.99. The molecule has 0 N–H and O–H groups in total. The van der Waals surface area contributed by atoms with Gasteiger partial charge in [-0.2, -0.15) is 0 Å². The van der Waals surface area contributed by atoms with E-state index >= 15 is 0 Å². The third kappa shape index (κ3) is 1.17. The van der Waals surface area contributed by atoms with Gasteiger partial charge in [-0.25, -0.2) is 0 Å². The Bertz CT molecular complexity index is 426. The van der Waals surface area contributed by atoms with E-state index in [1.54, 1.807) is 0 Å². The summed E-state index contributed by atoms with van der Waals surface area (Å²) in [6.45, 7) is 8.40. The SMILES string of the molecule is Cc1[c]cc(C(C)(C)C)c2ooc12. The molecule has 1 aromatic heterocycles. The van der Waals surface area contributed by atoms with Gasteiger partial charge in [0.15, 0.2) is 0 Å². The minimum Gasteiger partial charge on any atom is -0.285 e. The van der Waals surface area contributed by atoms with Gasteiger partial charge in [-0.15, -0.1) is 0 Å². The standard InChI is InChI=1S/C11H13O2/c1-7-5-6-8(11(2,3)4)10-9(7)12-13-10/h6H,1-4H3. The first-order valence-corrected chi connectivity index (χ1v) is 4.40. The van der Waals surface area contributed by atoms with Crippen LogP contribution in [0.4, 0.5) is 0 Å². The van der Waals surface area contributed by atoms with E-state index in [0.29, 0.717) is 0 Å². The maximum Gasteiger partial charge on any atom is 0.229 e. The molecule has 0 aliphatic heterocycles. The van der Waals surface area contributed by atoms with Crippen molar-refractivity contribution in [2.45, 2.75) is 33.1 Å². The van der Waals surface area contributed by atoms with Crippen LogP contribution in [0.5, 0.6) is 0 Å². The second-order valence-corrected chi connectivity index (χ2v) is 4.40. The van der Waals surface area contributed by atoms with E-state index in [0.717, 1.165) is 22.3 Å². The van der Waals surface area contributed by atoms with Crippen LogP contribution in [0, 0.1) is 13.0 Å². The number of benzene rings is 1. The van der Waals surface area contributed by atoms with Crippen molar-refractivity contribution in [2.75, 3.05) is 0 Å². The highest BCUT2D eigenvalue weighted by molar-refractivity contribution is 5.78. The predicted molar refractivity (Wildman–Crippen MR) is 50.8 cm³/mol. The lowest BCUT2D eigenvalue weighted by Gasteiger charge is -2.20. The molecule has 0 saturated heterocycles. The molecule has 0 saturated carbocycles. The summed E-state index contributed by atoms with van der Waals surface area (Å²) in [6.07, 6.45) is 0. The summed E-state index contributed by atoms with van der Waals surface area (Å²) in [7, 11) is 0. The van der Waals surface area contributed by atoms with E-state index in [1.807, 2.05) is 13.0 Å². The topological polar surface area (TPSA) is 26.3 Å². The number of hydrogen-bond acceptors (Lipinski definition) is 2. The van der Waals surface area contributed by atoms with Gasteiger partial charge in [0.25, 0.3) is 0 Å². The molecule has 0 aliphatic carbocycles. The minimum atomic E-state index is 0.0814. The molecule has 1 aromatic carbocycles. The monoisotopic (exact) mass is 177 g/mol. The largest absolute Gasteiger partial charge is 0.285 e. The number of fused-ring (bicyclic) bond motifs is 1. The first-order chi connectivity index (χ1) is 6.00. The number of rotatable bonds is 0. The van der Waals surface area contributed by atoms with Crippen molar-refractivity contribution in [3.63, 3.8) is 0 Å². The van der Waals surface area contributed by atoms with Crippen molar-refractivity contribution < 1.29 is 9.15 Å². The Morgan fingerprint density at radius 3 is 2.23 bits per heavy atom. The summed E-state index contributed by atoms with van der Waals surface area (Å²) in [5.41, 5.74) is 3.96. The Morgan fingerprint density at radius 2 is 1.77 bits per heavy atom. The van der Waals surface area contributed by atoms with Crippen LogP contribution >= 0.6 is 0 Å². The van der Waals surface area contributed by atoms with E-state index in [2.05, 4.69) is 26.8 Å². The maximum absolute atomic E-state index is 4.99. The van der Waals surface area contributed by atoms with Crippen molar-refractivity contribution in [1.29, 1.82) is 0 Å². The van der Waals surface area contributed by atoms with E-state index < -0.39 is 0 Å². The van der Waals surface area contributed by atoms with Gasteiger partial charge in [-0.1, -0.05) is 20.8 Å². The van der Waals surface area contributed by atoms with Crippen LogP contribution in [0.15, 0.2) is 15.2 Å². The molecule has 0 unspecified atom stereocenters. The Morgan fingerprint density at radius 1 is 1.15 bits per heavy atom. The van der Waals surface area contributed by atoms with E-state index in [9.17, 15) is 0 Å². The number of aryl methyl sites for hydroxylation is 1. The lowest BCUT2D eigenvalue weighted by Crippen LogP contribution is -2.12. The highest BCUT2D eigenvalue weighted by Crippen LogP contribution is 2.33. The van der Waals surface area contributed by atoms with Crippen LogP contribution in [0.1, 0.15) is 31.9 Å². The first-order valence-electron chi connectivity index (χ1n) is 4.40. The lowest BCUT2D eigenvalue weighted by atomic mass is 9.86. The second-order valence-electron chi connectivity index (χ2n) is 4.40. The summed E-state index contributed by atoms with van der Waals surface area (Å²) in [5, 5.41) is 0. The molecule has 0 fully saturated rings. The van der Waals surface area contributed by atoms with Crippen molar-refractivity contribution >= 4 is 11.2 Å². The minimum absolute atomic E-state index is 0.0814. The molecule has 2 aromatic rings. The zero-order valence-corrected chi connectivity index (χ0v) is 8.39. The molecular formula is C11H13O2. The molecule has 69 valence electrons. The molecule has 1 heterocycles. The fourth-order valence-corrected chi connectivity index (χ4v) is 1.39. The molecule has 13 heavy (non-hydrogen) atoms. The summed E-state index contributed by atoms with van der Waals surface area (Å²) in [4.78, 5) is 0. The third-order valence-corrected chi connectivity index (χ3v) is 2.24. The molecule has 2 rings (SSSR count). The summed E-state index contributed by atoms with van der Waals surface area (Å²) in [5.74, 6) is 0. The average molecular weight is 177 g/mol. The molecule has 0 bridgehead atoms. The smallest absolute Gasteiger partial charge is 0.229 e. The second kappa shape index (κ2) is 2.41. The van der Waals surface area contributed by atoms with Crippen LogP contribution in [-0.2, 0) is 5.41 Å². The predicted octanol–water partition coefficient (Wildman–Crippen LogP) is 3.43. The van der Waals surface area contributed by atoms with Gasteiger partial charge in [0.05, 0.1) is 0 Å². The fourth-order valence-electron chi connectivity index (χ4n) is 1.39. The quantitative estimate of drug-likeness (QED) is 0.576. The van der Waals surface area contributed by atoms with Crippen LogP contribution in [0.3, 0.4) is 0 Å². The molecule has 2 nitrogen and oxygen atoms in total. The fraction of sp³-hybridized carbons (Fsp3) is 0.455. The molecule has 2 heteroatoms. The lowest BCUT2D eigenvalue weighted by molar-refractivity contribution is 0.0566. The molecule has 0 amide bonds. The summed E-state index contributed by atoms with van der Waals surface area (Å²) < 4.78 is 9.91. The first kappa shape index (κ1) is 8.42. The molecule has 1 radical (unpaired) electrons. The van der Waals surface area contributed by atoms with Gasteiger partial charge in [0.2, 0.25) is 11.2 Å². The summed E-state index contributed by atoms with van der Waals surface area (Å²) in [6, 6.07) is 5.14. The van der Waals surface area contributed by atoms with Gasteiger partial charge >= 0.3 is 0 Å². The van der Waals surface area contributed by atoms with Crippen LogP contribution in [0.2, 0.25) is 0 Å². The zero-order valence-electron chi connectivity index (χ0n) is 8.39. The van der Waals surface area contributed by atoms with Crippen LogP contribution in [-0.4, -0.2) is 0 Å². The molecule has 0 aliphatic rings. The average Bonchev–Trinajstić information content (AvgIpc) is 1.90. The zero-order chi connectivity index (χ0) is 9.64. The Labute approximate surface area is 77.5 Å². The van der Waals surface area contributed by atoms with E-state index in [4.69, 9.17) is 9.15 Å². The molecule has 0 spiro atoms. The highest BCUT2D eigenvalue weighted by atomic mass is 17.0. The van der Waals surface area contributed by atoms with Gasteiger partial charge in [0.1, 0.15) is 0 Å². The number of hydrogen-bond donors (Lipinski definition) is 0. The Kier molecular flexibility index (Phi) is 1.56. The van der Waals surface area contributed by atoms with Gasteiger partial charge in [-0.3, -0.25) is 9.15 Å². The Balaban J connectivity index is 2.68. The summed E-state index contributed by atoms with van der Waals surface area (Å²) >= 11 is 0. The molecular weight excluding hydrogens is 164 g/mol. The molecule has 0 atom stereocenters. The van der Waals surface area contributed by atoms with Crippen molar-refractivity contribution in [3.05, 3.63) is 23.3 Å². The normalized spacial score (nSPS) is 12.6. The van der Waals surface area contributed by atoms with Crippen molar-refractivity contribution in [3.8, 4) is 0 Å². The third-order valence-electron chi connectivity index (χ3n) is 2.24. The highest BCUT2D eigenvalue weighted by Gasteiger charge is 2.23. The van der Waals surface area contributed by atoms with Crippen molar-refractivity contribution in [1.82, 2.24) is 0 Å². The van der Waals surface area contributed by atoms with E-state index in [1.165, 1.54) is 0 Å². The van der Waals surface area contributed by atoms with Gasteiger partial charge in [0, 0.05) is 11.1 Å². The van der Waals surface area contributed by atoms with Crippen molar-refractivity contribution in [2.24, 2.45) is 0 Å². The van der Waals surface area contributed by atoms with Gasteiger partial charge in [-0.05, 0) is 24.5 Å². The van der Waals surface area contributed by atoms with Crippen LogP contribution < -0.4 is 0 Å². The van der Waals surface area contributed by atoms with Crippen LogP contribution in [0.25, 0.3) is 11.2 Å².